The van der Waals surface area contributed by atoms with Gasteiger partial charge in [0.25, 0.3) is 0 Å². The topological polar surface area (TPSA) is 73.2 Å². The molecule has 1 heterocycles. The van der Waals surface area contributed by atoms with Crippen molar-refractivity contribution in [2.24, 2.45) is 5.92 Å². The lowest BCUT2D eigenvalue weighted by Gasteiger charge is -2.17. The van der Waals surface area contributed by atoms with Gasteiger partial charge in [-0.15, -0.1) is 0 Å². The van der Waals surface area contributed by atoms with E-state index in [0.29, 0.717) is 12.3 Å². The van der Waals surface area contributed by atoms with Crippen LogP contribution in [-0.2, 0) is 15.8 Å². The first-order valence-electron chi connectivity index (χ1n) is 8.45. The van der Waals surface area contributed by atoms with E-state index in [9.17, 15) is 9.00 Å². The monoisotopic (exact) mass is 369 g/mol. The third-order valence-electron chi connectivity index (χ3n) is 4.05. The van der Waals surface area contributed by atoms with E-state index in [0.717, 1.165) is 29.1 Å². The predicted octanol–water partition coefficient (Wildman–Crippen LogP) is 3.51. The molecule has 2 aromatic rings. The lowest BCUT2D eigenvalue weighted by Crippen LogP contribution is -2.30. The zero-order valence-corrected chi connectivity index (χ0v) is 15.8. The van der Waals surface area contributed by atoms with Gasteiger partial charge in [0.1, 0.15) is 17.0 Å². The first kappa shape index (κ1) is 19.8. The molecule has 2 aromatic carbocycles. The maximum atomic E-state index is 12.4. The molecule has 6 heteroatoms. The number of carbonyl (C=O) groups excluding carboxylic acids is 1. The molecule has 3 atom stereocenters. The summed E-state index contributed by atoms with van der Waals surface area (Å²) in [6.45, 7) is 4.83. The van der Waals surface area contributed by atoms with Crippen LogP contribution < -0.4 is 5.32 Å². The van der Waals surface area contributed by atoms with E-state index < -0.39 is 11.0 Å². The van der Waals surface area contributed by atoms with Crippen LogP contribution >= 0.6 is 0 Å². The Morgan fingerprint density at radius 2 is 1.85 bits per heavy atom. The molecule has 0 aromatic heterocycles. The molecule has 3 unspecified atom stereocenters. The van der Waals surface area contributed by atoms with Crippen LogP contribution in [0.25, 0.3) is 0 Å². The number of aryl methyl sites for hydroxylation is 1. The summed E-state index contributed by atoms with van der Waals surface area (Å²) >= 11 is 0. The fraction of sp³-hybridized carbons (Fsp3) is 0.300. The molecule has 0 spiro atoms. The number of nitrogens with zero attached hydrogens (tertiary/aromatic N) is 2. The Balaban J connectivity index is 0.000000228. The molecule has 1 amide bonds. The number of amides is 1. The molecule has 1 saturated heterocycles. The van der Waals surface area contributed by atoms with E-state index in [-0.39, 0.29) is 6.04 Å². The van der Waals surface area contributed by atoms with E-state index >= 15 is 0 Å². The summed E-state index contributed by atoms with van der Waals surface area (Å²) in [6.07, 6.45) is 1.48. The molecule has 0 bridgehead atoms. The third kappa shape index (κ3) is 5.51. The van der Waals surface area contributed by atoms with Crippen molar-refractivity contribution in [3.8, 4) is 6.07 Å². The van der Waals surface area contributed by atoms with Gasteiger partial charge in [-0.05, 0) is 43.5 Å². The molecule has 1 N–H and O–H groups in total. The number of nitriles is 1. The summed E-state index contributed by atoms with van der Waals surface area (Å²) in [5.41, 5.74) is 1.98. The fourth-order valence-electron chi connectivity index (χ4n) is 2.70. The van der Waals surface area contributed by atoms with Crippen LogP contribution in [0.3, 0.4) is 0 Å². The van der Waals surface area contributed by atoms with Gasteiger partial charge >= 0.3 is 0 Å². The van der Waals surface area contributed by atoms with E-state index in [1.54, 1.807) is 4.31 Å². The standard InChI is InChI=1S/C13H16N2OS.C7H7NO/c1-10-3-5-13(6-4-10)17(16)15-9-11(2)7-12(15)8-14;9-6-8-7-4-2-1-3-5-7/h3-6,11-12H,7,9H2,1-2H3;1-6H,(H,8,9). The summed E-state index contributed by atoms with van der Waals surface area (Å²) < 4.78 is 14.2. The Hall–Kier alpha value is -2.49. The number of anilines is 1. The van der Waals surface area contributed by atoms with Crippen LogP contribution in [0.4, 0.5) is 5.69 Å². The largest absolute Gasteiger partial charge is 0.329 e. The van der Waals surface area contributed by atoms with Crippen molar-refractivity contribution in [1.29, 1.82) is 5.26 Å². The van der Waals surface area contributed by atoms with Gasteiger partial charge in [0.15, 0.2) is 0 Å². The van der Waals surface area contributed by atoms with Gasteiger partial charge in [-0.3, -0.25) is 4.79 Å². The number of hydrogen-bond acceptors (Lipinski definition) is 3. The minimum atomic E-state index is -1.21. The van der Waals surface area contributed by atoms with E-state index in [1.165, 1.54) is 0 Å². The molecule has 1 aliphatic rings. The molecule has 136 valence electrons. The smallest absolute Gasteiger partial charge is 0.211 e. The van der Waals surface area contributed by atoms with Gasteiger partial charge in [-0.2, -0.15) is 5.26 Å². The quantitative estimate of drug-likeness (QED) is 0.838. The summed E-state index contributed by atoms with van der Waals surface area (Å²) in [7, 11) is -1.21. The number of benzene rings is 2. The van der Waals surface area contributed by atoms with E-state index in [1.807, 2.05) is 61.5 Å². The number of carbonyl (C=O) groups is 1. The highest BCUT2D eigenvalue weighted by atomic mass is 32.2. The molecular formula is C20H23N3O2S. The van der Waals surface area contributed by atoms with Gasteiger partial charge < -0.3 is 5.32 Å². The summed E-state index contributed by atoms with van der Waals surface area (Å²) in [6, 6.07) is 19.0. The van der Waals surface area contributed by atoms with E-state index in [4.69, 9.17) is 5.26 Å². The zero-order chi connectivity index (χ0) is 18.9. The molecule has 5 nitrogen and oxygen atoms in total. The highest BCUT2D eigenvalue weighted by Gasteiger charge is 2.33. The Labute approximate surface area is 157 Å². The Kier molecular flexibility index (Phi) is 7.52. The highest BCUT2D eigenvalue weighted by Crippen LogP contribution is 2.26. The summed E-state index contributed by atoms with van der Waals surface area (Å²) in [4.78, 5) is 10.6. The van der Waals surface area contributed by atoms with Crippen molar-refractivity contribution in [3.63, 3.8) is 0 Å². The summed E-state index contributed by atoms with van der Waals surface area (Å²) in [5, 5.41) is 11.6. The molecule has 1 aliphatic heterocycles. The van der Waals surface area contributed by atoms with Crippen LogP contribution in [0.5, 0.6) is 0 Å². The Morgan fingerprint density at radius 3 is 2.42 bits per heavy atom. The SMILES string of the molecule is Cc1ccc(S(=O)N2CC(C)CC2C#N)cc1.O=CNc1ccccc1. The zero-order valence-electron chi connectivity index (χ0n) is 15.0. The van der Waals surface area contributed by atoms with Gasteiger partial charge in [-0.25, -0.2) is 8.51 Å². The second kappa shape index (κ2) is 9.85. The van der Waals surface area contributed by atoms with Gasteiger partial charge in [-0.1, -0.05) is 42.8 Å². The Bertz CT molecular complexity index is 772. The highest BCUT2D eigenvalue weighted by molar-refractivity contribution is 7.82. The van der Waals surface area contributed by atoms with Crippen molar-refractivity contribution in [1.82, 2.24) is 4.31 Å². The first-order valence-corrected chi connectivity index (χ1v) is 9.56. The van der Waals surface area contributed by atoms with Crippen LogP contribution in [0.1, 0.15) is 18.9 Å². The predicted molar refractivity (Wildman–Crippen MR) is 104 cm³/mol. The minimum absolute atomic E-state index is 0.216. The second-order valence-electron chi connectivity index (χ2n) is 6.28. The van der Waals surface area contributed by atoms with Gasteiger partial charge in [0, 0.05) is 12.2 Å². The lowest BCUT2D eigenvalue weighted by molar-refractivity contribution is -0.105. The van der Waals surface area contributed by atoms with Crippen molar-refractivity contribution in [2.75, 3.05) is 11.9 Å². The van der Waals surface area contributed by atoms with E-state index in [2.05, 4.69) is 18.3 Å². The van der Waals surface area contributed by atoms with Crippen molar-refractivity contribution in [2.45, 2.75) is 31.2 Å². The number of hydrogen-bond donors (Lipinski definition) is 1. The maximum absolute atomic E-state index is 12.4. The average Bonchev–Trinajstić information content (AvgIpc) is 3.04. The van der Waals surface area contributed by atoms with Crippen molar-refractivity contribution < 1.29 is 9.00 Å². The van der Waals surface area contributed by atoms with Gasteiger partial charge in [0.2, 0.25) is 6.41 Å². The molecular weight excluding hydrogens is 346 g/mol. The minimum Gasteiger partial charge on any atom is -0.329 e. The normalized spacial score (nSPS) is 20.3. The van der Waals surface area contributed by atoms with Crippen LogP contribution in [-0.4, -0.2) is 27.5 Å². The fourth-order valence-corrected chi connectivity index (χ4v) is 4.09. The van der Waals surface area contributed by atoms with Crippen molar-refractivity contribution in [3.05, 3.63) is 60.2 Å². The molecule has 0 radical (unpaired) electrons. The molecule has 3 rings (SSSR count). The number of para-hydroxylation sites is 1. The summed E-state index contributed by atoms with van der Waals surface area (Å²) in [5.74, 6) is 0.439. The van der Waals surface area contributed by atoms with Crippen molar-refractivity contribution >= 4 is 23.1 Å². The Morgan fingerprint density at radius 1 is 1.19 bits per heavy atom. The second-order valence-corrected chi connectivity index (χ2v) is 7.71. The maximum Gasteiger partial charge on any atom is 0.211 e. The number of nitrogens with one attached hydrogen (secondary N) is 1. The first-order chi connectivity index (χ1) is 12.5. The van der Waals surface area contributed by atoms with Crippen LogP contribution in [0, 0.1) is 24.2 Å². The molecule has 0 saturated carbocycles. The van der Waals surface area contributed by atoms with Gasteiger partial charge in [0.05, 0.1) is 11.0 Å². The van der Waals surface area contributed by atoms with Crippen LogP contribution in [0.15, 0.2) is 59.5 Å². The average molecular weight is 369 g/mol. The molecule has 1 fully saturated rings. The lowest BCUT2D eigenvalue weighted by atomic mass is 10.1. The molecule has 0 aliphatic carbocycles. The van der Waals surface area contributed by atoms with Crippen LogP contribution in [0.2, 0.25) is 0 Å². The number of rotatable bonds is 4. The molecule has 26 heavy (non-hydrogen) atoms. The third-order valence-corrected chi connectivity index (χ3v) is 5.55.